The normalized spacial score (nSPS) is 12.6. The molecule has 0 fully saturated rings. The highest BCUT2D eigenvalue weighted by molar-refractivity contribution is 5.76. The number of unbranched alkanes of at least 4 members (excludes halogenated alkanes) is 34. The Hall–Kier alpha value is -1.14. The fourth-order valence-corrected chi connectivity index (χ4v) is 7.64. The van der Waals surface area contributed by atoms with Gasteiger partial charge in [0.25, 0.3) is 0 Å². The summed E-state index contributed by atoms with van der Waals surface area (Å²) in [6.45, 7) is 4.89. The number of esters is 1. The van der Waals surface area contributed by atoms with E-state index in [1.54, 1.807) is 0 Å². The number of aliphatic hydroxyl groups is 2. The van der Waals surface area contributed by atoms with Gasteiger partial charge in [-0.25, -0.2) is 0 Å². The molecule has 0 aromatic rings. The van der Waals surface area contributed by atoms with Crippen LogP contribution in [0.3, 0.4) is 0 Å². The van der Waals surface area contributed by atoms with Crippen molar-refractivity contribution in [3.05, 3.63) is 0 Å². The first-order valence-corrected chi connectivity index (χ1v) is 24.3. The van der Waals surface area contributed by atoms with Crippen LogP contribution in [0.4, 0.5) is 0 Å². The zero-order chi connectivity index (χ0) is 39.4. The molecule has 54 heavy (non-hydrogen) atoms. The van der Waals surface area contributed by atoms with Crippen molar-refractivity contribution >= 4 is 11.9 Å². The third kappa shape index (κ3) is 40.5. The van der Waals surface area contributed by atoms with Gasteiger partial charge in [-0.3, -0.25) is 9.59 Å². The number of ether oxygens (including phenoxy) is 1. The highest BCUT2D eigenvalue weighted by Gasteiger charge is 2.20. The van der Waals surface area contributed by atoms with Gasteiger partial charge in [0.2, 0.25) is 5.91 Å². The fraction of sp³-hybridized carbons (Fsp3) is 0.958. The predicted molar refractivity (Wildman–Crippen MR) is 232 cm³/mol. The Kier molecular flexibility index (Phi) is 43.6. The molecule has 0 aromatic heterocycles. The van der Waals surface area contributed by atoms with Crippen molar-refractivity contribution in [1.82, 2.24) is 5.32 Å². The Balaban J connectivity index is 3.49. The van der Waals surface area contributed by atoms with Crippen LogP contribution in [-0.2, 0) is 14.3 Å². The maximum absolute atomic E-state index is 12.4. The molecule has 0 aliphatic heterocycles. The Morgan fingerprint density at radius 1 is 0.444 bits per heavy atom. The fourth-order valence-electron chi connectivity index (χ4n) is 7.64. The number of hydrogen-bond acceptors (Lipinski definition) is 5. The highest BCUT2D eigenvalue weighted by Crippen LogP contribution is 2.17. The number of aliphatic hydroxyl groups excluding tert-OH is 2. The minimum Gasteiger partial charge on any atom is -0.466 e. The molecule has 0 saturated carbocycles. The lowest BCUT2D eigenvalue weighted by molar-refractivity contribution is -0.143. The van der Waals surface area contributed by atoms with Gasteiger partial charge in [-0.15, -0.1) is 0 Å². The molecule has 0 heterocycles. The second-order valence-corrected chi connectivity index (χ2v) is 16.8. The molecule has 0 radical (unpaired) electrons. The molecule has 0 bridgehead atoms. The van der Waals surface area contributed by atoms with E-state index in [4.69, 9.17) is 4.74 Å². The zero-order valence-electron chi connectivity index (χ0n) is 36.5. The van der Waals surface area contributed by atoms with Gasteiger partial charge in [0.15, 0.2) is 0 Å². The van der Waals surface area contributed by atoms with Crippen molar-refractivity contribution in [2.24, 2.45) is 0 Å². The van der Waals surface area contributed by atoms with Gasteiger partial charge in [0.05, 0.1) is 25.4 Å². The molecule has 0 aromatic carbocycles. The van der Waals surface area contributed by atoms with E-state index in [1.165, 1.54) is 180 Å². The minimum absolute atomic E-state index is 0.0246. The summed E-state index contributed by atoms with van der Waals surface area (Å²) >= 11 is 0. The van der Waals surface area contributed by atoms with E-state index >= 15 is 0 Å². The summed E-state index contributed by atoms with van der Waals surface area (Å²) in [7, 11) is 0. The molecule has 0 aliphatic carbocycles. The first kappa shape index (κ1) is 52.9. The molecule has 1 amide bonds. The maximum Gasteiger partial charge on any atom is 0.305 e. The van der Waals surface area contributed by atoms with Gasteiger partial charge >= 0.3 is 5.97 Å². The molecule has 2 unspecified atom stereocenters. The van der Waals surface area contributed by atoms with Crippen LogP contribution in [0.5, 0.6) is 0 Å². The first-order chi connectivity index (χ1) is 26.5. The van der Waals surface area contributed by atoms with Crippen molar-refractivity contribution in [2.45, 2.75) is 283 Å². The molecule has 0 spiro atoms. The number of amides is 1. The molecule has 0 saturated heterocycles. The second-order valence-electron chi connectivity index (χ2n) is 16.8. The first-order valence-electron chi connectivity index (χ1n) is 24.3. The molecule has 322 valence electrons. The van der Waals surface area contributed by atoms with E-state index in [0.717, 1.165) is 57.8 Å². The van der Waals surface area contributed by atoms with Crippen molar-refractivity contribution in [3.63, 3.8) is 0 Å². The molecule has 0 rings (SSSR count). The number of carbonyl (C=O) groups is 2. The third-order valence-electron chi connectivity index (χ3n) is 11.4. The number of carbonyl (C=O) groups excluding carboxylic acids is 2. The summed E-state index contributed by atoms with van der Waals surface area (Å²) in [5, 5.41) is 23.2. The second kappa shape index (κ2) is 44.6. The summed E-state index contributed by atoms with van der Waals surface area (Å²) in [4.78, 5) is 24.4. The molecule has 3 N–H and O–H groups in total. The average Bonchev–Trinajstić information content (AvgIpc) is 3.17. The molecule has 0 aliphatic rings. The van der Waals surface area contributed by atoms with E-state index in [-0.39, 0.29) is 18.5 Å². The predicted octanol–water partition coefficient (Wildman–Crippen LogP) is 14.0. The van der Waals surface area contributed by atoms with Crippen molar-refractivity contribution in [2.75, 3.05) is 13.2 Å². The van der Waals surface area contributed by atoms with Gasteiger partial charge in [0, 0.05) is 12.8 Å². The van der Waals surface area contributed by atoms with E-state index in [9.17, 15) is 19.8 Å². The average molecular weight is 766 g/mol. The summed E-state index contributed by atoms with van der Waals surface area (Å²) in [5.41, 5.74) is 0. The van der Waals surface area contributed by atoms with Crippen LogP contribution >= 0.6 is 0 Å². The van der Waals surface area contributed by atoms with Crippen molar-refractivity contribution in [1.29, 1.82) is 0 Å². The Morgan fingerprint density at radius 2 is 0.759 bits per heavy atom. The molecule has 2 atom stereocenters. The third-order valence-corrected chi connectivity index (χ3v) is 11.4. The van der Waals surface area contributed by atoms with Crippen LogP contribution in [-0.4, -0.2) is 47.4 Å². The smallest absolute Gasteiger partial charge is 0.305 e. The van der Waals surface area contributed by atoms with Crippen LogP contribution in [0.1, 0.15) is 271 Å². The Bertz CT molecular complexity index is 761. The van der Waals surface area contributed by atoms with E-state index in [1.807, 2.05) is 0 Å². The molecule has 6 heteroatoms. The summed E-state index contributed by atoms with van der Waals surface area (Å²) in [6.07, 6.45) is 47.7. The summed E-state index contributed by atoms with van der Waals surface area (Å²) < 4.78 is 5.43. The van der Waals surface area contributed by atoms with Gasteiger partial charge < -0.3 is 20.3 Å². The van der Waals surface area contributed by atoms with Crippen LogP contribution < -0.4 is 5.32 Å². The lowest BCUT2D eigenvalue weighted by atomic mass is 10.0. The lowest BCUT2D eigenvalue weighted by Crippen LogP contribution is -2.45. The lowest BCUT2D eigenvalue weighted by Gasteiger charge is -2.22. The number of nitrogens with one attached hydrogen (secondary N) is 1. The summed E-state index contributed by atoms with van der Waals surface area (Å²) in [6, 6.07) is -0.559. The monoisotopic (exact) mass is 766 g/mol. The topological polar surface area (TPSA) is 95.9 Å². The van der Waals surface area contributed by atoms with E-state index in [0.29, 0.717) is 25.9 Å². The van der Waals surface area contributed by atoms with Crippen LogP contribution in [0.15, 0.2) is 0 Å². The SMILES string of the molecule is CCCCCCCCCCCCCCCCCCCC(O)C(CO)NC(=O)CCCCCCCCCCCOC(=O)CCCCCCCCCCCCC. The highest BCUT2D eigenvalue weighted by atomic mass is 16.5. The molecule has 6 nitrogen and oxygen atoms in total. The van der Waals surface area contributed by atoms with E-state index < -0.39 is 12.1 Å². The van der Waals surface area contributed by atoms with Crippen molar-refractivity contribution < 1.29 is 24.5 Å². The number of rotatable bonds is 45. The zero-order valence-corrected chi connectivity index (χ0v) is 36.5. The quantitative estimate of drug-likeness (QED) is 0.0424. The summed E-state index contributed by atoms with van der Waals surface area (Å²) in [5.74, 6) is -0.0848. The van der Waals surface area contributed by atoms with Gasteiger partial charge in [-0.2, -0.15) is 0 Å². The van der Waals surface area contributed by atoms with Crippen LogP contribution in [0.25, 0.3) is 0 Å². The molecular formula is C48H95NO5. The Morgan fingerprint density at radius 3 is 1.13 bits per heavy atom. The largest absolute Gasteiger partial charge is 0.466 e. The van der Waals surface area contributed by atoms with Gasteiger partial charge in [0.1, 0.15) is 0 Å². The number of hydrogen-bond donors (Lipinski definition) is 3. The van der Waals surface area contributed by atoms with Crippen LogP contribution in [0.2, 0.25) is 0 Å². The van der Waals surface area contributed by atoms with Crippen molar-refractivity contribution in [3.8, 4) is 0 Å². The minimum atomic E-state index is -0.679. The maximum atomic E-state index is 12.4. The Labute approximate surface area is 336 Å². The van der Waals surface area contributed by atoms with Gasteiger partial charge in [-0.05, 0) is 25.7 Å². The molecular weight excluding hydrogens is 671 g/mol. The van der Waals surface area contributed by atoms with E-state index in [2.05, 4.69) is 19.2 Å². The van der Waals surface area contributed by atoms with Gasteiger partial charge in [-0.1, -0.05) is 232 Å². The van der Waals surface area contributed by atoms with Crippen LogP contribution in [0, 0.1) is 0 Å². The standard InChI is InChI=1S/C48H95NO5/c1-3-5-7-9-11-13-15-16-17-18-19-20-22-24-28-32-36-40-46(51)45(44-50)49-47(52)41-37-33-29-25-23-27-31-35-39-43-54-48(53)42-38-34-30-26-21-14-12-10-8-6-4-2/h45-46,50-51H,3-44H2,1-2H3,(H,49,52).